The molecule has 0 radical (unpaired) electrons. The molecule has 2 aromatic rings. The Morgan fingerprint density at radius 3 is 2.17 bits per heavy atom. The van der Waals surface area contributed by atoms with Gasteiger partial charge in [0.25, 0.3) is 5.91 Å². The van der Waals surface area contributed by atoms with Gasteiger partial charge in [0.1, 0.15) is 0 Å². The molecule has 2 amide bonds. The summed E-state index contributed by atoms with van der Waals surface area (Å²) < 4.78 is 0. The van der Waals surface area contributed by atoms with E-state index < -0.39 is 5.41 Å². The molecule has 2 aromatic carbocycles. The Kier molecular flexibility index (Phi) is 5.39. The Morgan fingerprint density at radius 2 is 1.54 bits per heavy atom. The predicted molar refractivity (Wildman–Crippen MR) is 96.9 cm³/mol. The maximum atomic E-state index is 12.6. The number of hydrogen-bond donors (Lipinski definition) is 1. The zero-order valence-electron chi connectivity index (χ0n) is 14.7. The van der Waals surface area contributed by atoms with Crippen LogP contribution >= 0.6 is 0 Å². The number of nitrogens with zero attached hydrogens (tertiary/aromatic N) is 1. The van der Waals surface area contributed by atoms with Crippen LogP contribution in [0.25, 0.3) is 0 Å². The highest BCUT2D eigenvalue weighted by molar-refractivity contribution is 6.05. The number of benzene rings is 2. The Hall–Kier alpha value is -2.62. The van der Waals surface area contributed by atoms with E-state index in [0.29, 0.717) is 17.8 Å². The Balaban J connectivity index is 2.19. The summed E-state index contributed by atoms with van der Waals surface area (Å²) in [5.41, 5.74) is 1.63. The van der Waals surface area contributed by atoms with Crippen LogP contribution in [-0.2, 0) is 11.3 Å². The van der Waals surface area contributed by atoms with Gasteiger partial charge in [-0.2, -0.15) is 0 Å². The molecule has 0 aromatic heterocycles. The van der Waals surface area contributed by atoms with Gasteiger partial charge < -0.3 is 10.2 Å². The summed E-state index contributed by atoms with van der Waals surface area (Å²) in [7, 11) is 1.71. The fourth-order valence-electron chi connectivity index (χ4n) is 2.44. The lowest BCUT2D eigenvalue weighted by molar-refractivity contribution is -0.125. The summed E-state index contributed by atoms with van der Waals surface area (Å²) in [6.45, 7) is 6.04. The molecule has 1 N–H and O–H groups in total. The molecule has 0 heterocycles. The minimum absolute atomic E-state index is 0.0363. The molecule has 0 bridgehead atoms. The molecule has 0 aliphatic carbocycles. The molecule has 0 fully saturated rings. The van der Waals surface area contributed by atoms with Crippen molar-refractivity contribution in [3.8, 4) is 0 Å². The monoisotopic (exact) mass is 324 g/mol. The van der Waals surface area contributed by atoms with Crippen LogP contribution in [0.4, 0.5) is 5.69 Å². The van der Waals surface area contributed by atoms with E-state index in [4.69, 9.17) is 0 Å². The van der Waals surface area contributed by atoms with Crippen LogP contribution < -0.4 is 10.2 Å². The lowest BCUT2D eigenvalue weighted by Gasteiger charge is -2.27. The van der Waals surface area contributed by atoms with Crippen LogP contribution in [0.3, 0.4) is 0 Å². The molecule has 0 spiro atoms. The van der Waals surface area contributed by atoms with E-state index in [0.717, 1.165) is 5.56 Å². The molecule has 126 valence electrons. The maximum absolute atomic E-state index is 12.6. The number of carbonyl (C=O) groups excluding carboxylic acids is 2. The Labute approximate surface area is 143 Å². The predicted octanol–water partition coefficient (Wildman–Crippen LogP) is 3.63. The van der Waals surface area contributed by atoms with Crippen molar-refractivity contribution >= 4 is 17.5 Å². The highest BCUT2D eigenvalue weighted by Gasteiger charge is 2.27. The first-order valence-corrected chi connectivity index (χ1v) is 8.00. The molecule has 0 unspecified atom stereocenters. The van der Waals surface area contributed by atoms with Crippen LogP contribution in [-0.4, -0.2) is 18.9 Å². The third kappa shape index (κ3) is 4.22. The third-order valence-corrected chi connectivity index (χ3v) is 3.75. The average molecular weight is 324 g/mol. The zero-order chi connectivity index (χ0) is 17.7. The van der Waals surface area contributed by atoms with Crippen molar-refractivity contribution < 1.29 is 9.59 Å². The number of amides is 2. The molecule has 2 rings (SSSR count). The average Bonchev–Trinajstić information content (AvgIpc) is 2.58. The van der Waals surface area contributed by atoms with E-state index in [9.17, 15) is 9.59 Å². The SMILES string of the molecule is CN(C(=O)C(C)(C)C)c1ccccc1C(=O)NCc1ccccc1. The smallest absolute Gasteiger partial charge is 0.253 e. The highest BCUT2D eigenvalue weighted by Crippen LogP contribution is 2.25. The molecule has 24 heavy (non-hydrogen) atoms. The van der Waals surface area contributed by atoms with Crippen LogP contribution in [0.1, 0.15) is 36.7 Å². The largest absolute Gasteiger partial charge is 0.348 e. The summed E-state index contributed by atoms with van der Waals surface area (Å²) >= 11 is 0. The van der Waals surface area contributed by atoms with Gasteiger partial charge in [0, 0.05) is 19.0 Å². The summed E-state index contributed by atoms with van der Waals surface area (Å²) in [5.74, 6) is -0.228. The second-order valence-corrected chi connectivity index (χ2v) is 6.80. The molecule has 0 atom stereocenters. The van der Waals surface area contributed by atoms with Crippen molar-refractivity contribution in [2.75, 3.05) is 11.9 Å². The van der Waals surface area contributed by atoms with E-state index >= 15 is 0 Å². The Bertz CT molecular complexity index is 718. The third-order valence-electron chi connectivity index (χ3n) is 3.75. The first kappa shape index (κ1) is 17.7. The standard InChI is InChI=1S/C20H24N2O2/c1-20(2,3)19(24)22(4)17-13-9-8-12-16(17)18(23)21-14-15-10-6-5-7-11-15/h5-13H,14H2,1-4H3,(H,21,23). The van der Waals surface area contributed by atoms with Crippen molar-refractivity contribution in [2.24, 2.45) is 5.41 Å². The summed E-state index contributed by atoms with van der Waals surface area (Å²) in [6, 6.07) is 16.9. The van der Waals surface area contributed by atoms with Gasteiger partial charge in [0.05, 0.1) is 11.3 Å². The van der Waals surface area contributed by atoms with Gasteiger partial charge >= 0.3 is 0 Å². The fraction of sp³-hybridized carbons (Fsp3) is 0.300. The van der Waals surface area contributed by atoms with Gasteiger partial charge in [-0.25, -0.2) is 0 Å². The first-order valence-electron chi connectivity index (χ1n) is 8.00. The summed E-state index contributed by atoms with van der Waals surface area (Å²) in [5, 5.41) is 2.91. The minimum Gasteiger partial charge on any atom is -0.348 e. The Morgan fingerprint density at radius 1 is 0.958 bits per heavy atom. The molecule has 0 aliphatic rings. The van der Waals surface area contributed by atoms with E-state index in [2.05, 4.69) is 5.32 Å². The summed E-state index contributed by atoms with van der Waals surface area (Å²) in [6.07, 6.45) is 0. The lowest BCUT2D eigenvalue weighted by atomic mass is 9.94. The normalized spacial score (nSPS) is 11.0. The highest BCUT2D eigenvalue weighted by atomic mass is 16.2. The molecular formula is C20H24N2O2. The van der Waals surface area contributed by atoms with Gasteiger partial charge in [0.2, 0.25) is 5.91 Å². The van der Waals surface area contributed by atoms with Crippen molar-refractivity contribution in [2.45, 2.75) is 27.3 Å². The molecular weight excluding hydrogens is 300 g/mol. The number of rotatable bonds is 4. The molecule has 0 saturated heterocycles. The zero-order valence-corrected chi connectivity index (χ0v) is 14.7. The van der Waals surface area contributed by atoms with Crippen molar-refractivity contribution in [3.05, 3.63) is 65.7 Å². The van der Waals surface area contributed by atoms with Gasteiger partial charge in [-0.15, -0.1) is 0 Å². The van der Waals surface area contributed by atoms with Crippen molar-refractivity contribution in [3.63, 3.8) is 0 Å². The van der Waals surface area contributed by atoms with E-state index in [1.54, 1.807) is 30.1 Å². The second-order valence-electron chi connectivity index (χ2n) is 6.80. The second kappa shape index (κ2) is 7.30. The first-order chi connectivity index (χ1) is 11.3. The van der Waals surface area contributed by atoms with Gasteiger partial charge in [-0.05, 0) is 17.7 Å². The van der Waals surface area contributed by atoms with Crippen LogP contribution in [0.5, 0.6) is 0 Å². The summed E-state index contributed by atoms with van der Waals surface area (Å²) in [4.78, 5) is 26.6. The minimum atomic E-state index is -0.512. The van der Waals surface area contributed by atoms with Gasteiger partial charge in [-0.3, -0.25) is 9.59 Å². The number of para-hydroxylation sites is 1. The number of anilines is 1. The van der Waals surface area contributed by atoms with Crippen LogP contribution in [0.15, 0.2) is 54.6 Å². The number of carbonyl (C=O) groups is 2. The van der Waals surface area contributed by atoms with E-state index in [1.165, 1.54) is 0 Å². The lowest BCUT2D eigenvalue weighted by Crippen LogP contribution is -2.38. The number of nitrogens with one attached hydrogen (secondary N) is 1. The van der Waals surface area contributed by atoms with Crippen LogP contribution in [0, 0.1) is 5.41 Å². The van der Waals surface area contributed by atoms with Crippen molar-refractivity contribution in [1.82, 2.24) is 5.32 Å². The van der Waals surface area contributed by atoms with E-state index in [-0.39, 0.29) is 11.8 Å². The van der Waals surface area contributed by atoms with Crippen molar-refractivity contribution in [1.29, 1.82) is 0 Å². The topological polar surface area (TPSA) is 49.4 Å². The molecule has 0 saturated carbocycles. The quantitative estimate of drug-likeness (QED) is 0.934. The number of hydrogen-bond acceptors (Lipinski definition) is 2. The van der Waals surface area contributed by atoms with Gasteiger partial charge in [0.15, 0.2) is 0 Å². The maximum Gasteiger partial charge on any atom is 0.253 e. The van der Waals surface area contributed by atoms with E-state index in [1.807, 2.05) is 57.2 Å². The molecule has 0 aliphatic heterocycles. The molecule has 4 heteroatoms. The van der Waals surface area contributed by atoms with Gasteiger partial charge in [-0.1, -0.05) is 63.2 Å². The molecule has 4 nitrogen and oxygen atoms in total. The van der Waals surface area contributed by atoms with Crippen LogP contribution in [0.2, 0.25) is 0 Å². The fourth-order valence-corrected chi connectivity index (χ4v) is 2.44.